The first-order valence-corrected chi connectivity index (χ1v) is 11.8. The maximum atomic E-state index is 10.6. The molecule has 4 rings (SSSR count). The zero-order chi connectivity index (χ0) is 24.7. The summed E-state index contributed by atoms with van der Waals surface area (Å²) in [5.41, 5.74) is 6.68. The molecule has 1 aromatic heterocycles. The van der Waals surface area contributed by atoms with Crippen LogP contribution in [0.4, 0.5) is 4.79 Å². The summed E-state index contributed by atoms with van der Waals surface area (Å²) in [5, 5.41) is 4.17. The van der Waals surface area contributed by atoms with Gasteiger partial charge in [0.1, 0.15) is 25.1 Å². The highest BCUT2D eigenvalue weighted by atomic mass is 35.5. The maximum absolute atomic E-state index is 10.6. The standard InChI is InChI=1S/C24H26Cl2N4O5/c25-18-3-6-21(22(26)11-18)24(15-30-9-7-29-16-30)34-14-20(35-24)13-33-19-4-1-17(2-5-19)12-28-8-10-32-23(27)31/h1-7,9,11,16,20,28H,8,10,12-15H2,(H2,27,31). The van der Waals surface area contributed by atoms with Gasteiger partial charge in [-0.05, 0) is 29.8 Å². The second-order valence-electron chi connectivity index (χ2n) is 7.96. The highest BCUT2D eigenvalue weighted by molar-refractivity contribution is 6.35. The molecule has 9 nitrogen and oxygen atoms in total. The van der Waals surface area contributed by atoms with E-state index in [1.165, 1.54) is 0 Å². The minimum atomic E-state index is -1.09. The Morgan fingerprint density at radius 2 is 2.09 bits per heavy atom. The highest BCUT2D eigenvalue weighted by Gasteiger charge is 2.45. The molecule has 0 aliphatic carbocycles. The number of amides is 1. The molecule has 2 unspecified atom stereocenters. The topological polar surface area (TPSA) is 110 Å². The summed E-state index contributed by atoms with van der Waals surface area (Å²) in [6.45, 7) is 2.38. The summed E-state index contributed by atoms with van der Waals surface area (Å²) in [6, 6.07) is 12.9. The van der Waals surface area contributed by atoms with Gasteiger partial charge in [0.2, 0.25) is 5.79 Å². The number of aromatic nitrogens is 2. The van der Waals surface area contributed by atoms with Crippen LogP contribution in [0.5, 0.6) is 5.75 Å². The zero-order valence-corrected chi connectivity index (χ0v) is 20.4. The Bertz CT molecular complexity index is 1110. The quantitative estimate of drug-likeness (QED) is 0.370. The summed E-state index contributed by atoms with van der Waals surface area (Å²) in [7, 11) is 0. The minimum Gasteiger partial charge on any atom is -0.491 e. The van der Waals surface area contributed by atoms with Crippen LogP contribution in [0, 0.1) is 0 Å². The second-order valence-corrected chi connectivity index (χ2v) is 8.81. The van der Waals surface area contributed by atoms with Gasteiger partial charge >= 0.3 is 6.09 Å². The average molecular weight is 521 g/mol. The van der Waals surface area contributed by atoms with Crippen LogP contribution < -0.4 is 15.8 Å². The Morgan fingerprint density at radius 1 is 1.26 bits per heavy atom. The third-order valence-electron chi connectivity index (χ3n) is 5.36. The van der Waals surface area contributed by atoms with Crippen molar-refractivity contribution in [3.05, 3.63) is 82.4 Å². The van der Waals surface area contributed by atoms with Crippen molar-refractivity contribution in [1.29, 1.82) is 0 Å². The monoisotopic (exact) mass is 520 g/mol. The van der Waals surface area contributed by atoms with Gasteiger partial charge in [0, 0.05) is 36.1 Å². The molecule has 2 aromatic carbocycles. The van der Waals surface area contributed by atoms with E-state index in [0.717, 1.165) is 5.56 Å². The zero-order valence-electron chi connectivity index (χ0n) is 18.9. The lowest BCUT2D eigenvalue weighted by Gasteiger charge is -2.30. The number of hydrogen-bond donors (Lipinski definition) is 2. The number of nitrogens with zero attached hydrogens (tertiary/aromatic N) is 2. The first-order chi connectivity index (χ1) is 16.9. The molecule has 2 heterocycles. The van der Waals surface area contributed by atoms with E-state index in [4.69, 9.17) is 43.1 Å². The highest BCUT2D eigenvalue weighted by Crippen LogP contribution is 2.40. The summed E-state index contributed by atoms with van der Waals surface area (Å²) >= 11 is 12.6. The fraction of sp³-hybridized carbons (Fsp3) is 0.333. The van der Waals surface area contributed by atoms with E-state index >= 15 is 0 Å². The molecular formula is C24H26Cl2N4O5. The van der Waals surface area contributed by atoms with Gasteiger partial charge in [-0.1, -0.05) is 41.4 Å². The second kappa shape index (κ2) is 11.7. The molecule has 2 atom stereocenters. The molecule has 3 aromatic rings. The van der Waals surface area contributed by atoms with Crippen molar-refractivity contribution in [2.75, 3.05) is 26.4 Å². The van der Waals surface area contributed by atoms with Crippen molar-refractivity contribution in [3.8, 4) is 5.75 Å². The van der Waals surface area contributed by atoms with Crippen molar-refractivity contribution >= 4 is 29.3 Å². The van der Waals surface area contributed by atoms with Crippen LogP contribution in [0.15, 0.2) is 61.2 Å². The molecule has 1 amide bonds. The molecule has 11 heteroatoms. The van der Waals surface area contributed by atoms with Crippen LogP contribution in [-0.4, -0.2) is 48.1 Å². The van der Waals surface area contributed by atoms with Gasteiger partial charge < -0.3 is 34.6 Å². The normalized spacial score (nSPS) is 19.5. The van der Waals surface area contributed by atoms with Crippen LogP contribution in [0.3, 0.4) is 0 Å². The molecular weight excluding hydrogens is 495 g/mol. The number of benzene rings is 2. The number of carbonyl (C=O) groups excluding carboxylic acids is 1. The van der Waals surface area contributed by atoms with E-state index in [9.17, 15) is 4.79 Å². The molecule has 0 saturated carbocycles. The van der Waals surface area contributed by atoms with E-state index in [1.54, 1.807) is 24.7 Å². The predicted octanol–water partition coefficient (Wildman–Crippen LogP) is 3.72. The maximum Gasteiger partial charge on any atom is 0.404 e. The minimum absolute atomic E-state index is 0.226. The molecule has 1 aliphatic rings. The molecule has 0 bridgehead atoms. The molecule has 186 valence electrons. The summed E-state index contributed by atoms with van der Waals surface area (Å²) in [4.78, 5) is 14.7. The van der Waals surface area contributed by atoms with Crippen molar-refractivity contribution in [3.63, 3.8) is 0 Å². The lowest BCUT2D eigenvalue weighted by Crippen LogP contribution is -2.34. The lowest BCUT2D eigenvalue weighted by atomic mass is 10.1. The first-order valence-electron chi connectivity index (χ1n) is 11.0. The van der Waals surface area contributed by atoms with Crippen LogP contribution in [0.2, 0.25) is 10.0 Å². The number of nitrogens with two attached hydrogens (primary N) is 1. The molecule has 0 radical (unpaired) electrons. The van der Waals surface area contributed by atoms with Gasteiger partial charge in [-0.2, -0.15) is 0 Å². The molecule has 3 N–H and O–H groups in total. The Kier molecular flexibility index (Phi) is 8.48. The lowest BCUT2D eigenvalue weighted by molar-refractivity contribution is -0.189. The third kappa shape index (κ3) is 6.87. The first kappa shape index (κ1) is 25.3. The number of nitrogens with one attached hydrogen (secondary N) is 1. The number of rotatable bonds is 11. The summed E-state index contributed by atoms with van der Waals surface area (Å²) in [6.07, 6.45) is 4.14. The predicted molar refractivity (Wildman–Crippen MR) is 130 cm³/mol. The fourth-order valence-electron chi connectivity index (χ4n) is 3.72. The smallest absolute Gasteiger partial charge is 0.404 e. The number of primary amides is 1. The van der Waals surface area contributed by atoms with Gasteiger partial charge in [0.15, 0.2) is 0 Å². The van der Waals surface area contributed by atoms with Gasteiger partial charge in [0.05, 0.1) is 24.5 Å². The Labute approximate surface area is 213 Å². The van der Waals surface area contributed by atoms with Crippen molar-refractivity contribution < 1.29 is 23.7 Å². The van der Waals surface area contributed by atoms with Crippen molar-refractivity contribution in [2.45, 2.75) is 25.0 Å². The van der Waals surface area contributed by atoms with Crippen molar-refractivity contribution in [2.24, 2.45) is 5.73 Å². The molecule has 35 heavy (non-hydrogen) atoms. The van der Waals surface area contributed by atoms with Crippen molar-refractivity contribution in [1.82, 2.24) is 14.9 Å². The third-order valence-corrected chi connectivity index (χ3v) is 5.91. The van der Waals surface area contributed by atoms with E-state index in [2.05, 4.69) is 15.0 Å². The number of imidazole rings is 1. The number of halogens is 2. The van der Waals surface area contributed by atoms with E-state index in [0.29, 0.717) is 54.2 Å². The Morgan fingerprint density at radius 3 is 2.80 bits per heavy atom. The van der Waals surface area contributed by atoms with E-state index < -0.39 is 11.9 Å². The number of ether oxygens (including phenoxy) is 4. The molecule has 1 saturated heterocycles. The number of carbonyl (C=O) groups is 1. The van der Waals surface area contributed by atoms with Crippen LogP contribution in [0.1, 0.15) is 11.1 Å². The van der Waals surface area contributed by atoms with E-state index in [-0.39, 0.29) is 12.7 Å². The summed E-state index contributed by atoms with van der Waals surface area (Å²) in [5.74, 6) is -0.379. The summed E-state index contributed by atoms with van der Waals surface area (Å²) < 4.78 is 25.1. The fourth-order valence-corrected chi connectivity index (χ4v) is 4.28. The van der Waals surface area contributed by atoms with E-state index in [1.807, 2.05) is 41.1 Å². The Balaban J connectivity index is 1.33. The van der Waals surface area contributed by atoms with Crippen LogP contribution in [-0.2, 0) is 33.1 Å². The molecule has 1 fully saturated rings. The number of hydrogen-bond acceptors (Lipinski definition) is 7. The van der Waals surface area contributed by atoms with Gasteiger partial charge in [-0.15, -0.1) is 0 Å². The molecule has 1 aliphatic heterocycles. The van der Waals surface area contributed by atoms with Gasteiger partial charge in [-0.3, -0.25) is 0 Å². The average Bonchev–Trinajstić information content (AvgIpc) is 3.49. The van der Waals surface area contributed by atoms with Crippen LogP contribution in [0.25, 0.3) is 0 Å². The van der Waals surface area contributed by atoms with Crippen LogP contribution >= 0.6 is 23.2 Å². The largest absolute Gasteiger partial charge is 0.491 e. The Hall–Kier alpha value is -2.82. The van der Waals surface area contributed by atoms with Gasteiger partial charge in [0.25, 0.3) is 0 Å². The molecule has 0 spiro atoms. The van der Waals surface area contributed by atoms with Gasteiger partial charge in [-0.25, -0.2) is 9.78 Å². The SMILES string of the molecule is NC(=O)OCCNCc1ccc(OCC2COC(Cn3ccnc3)(c3ccc(Cl)cc3Cl)O2)cc1.